The minimum absolute atomic E-state index is 0.383. The number of nitrogen functional groups attached to an aromatic ring is 1. The van der Waals surface area contributed by atoms with Crippen LogP contribution in [0.5, 0.6) is 0 Å². The van der Waals surface area contributed by atoms with Crippen LogP contribution in [-0.4, -0.2) is 26.3 Å². The summed E-state index contributed by atoms with van der Waals surface area (Å²) in [7, 11) is 1.74. The minimum Gasteiger partial charge on any atom is -0.399 e. The van der Waals surface area contributed by atoms with Crippen LogP contribution in [0.1, 0.15) is 20.3 Å². The molecule has 0 spiro atoms. The van der Waals surface area contributed by atoms with Gasteiger partial charge in [-0.3, -0.25) is 0 Å². The Labute approximate surface area is 98.2 Å². The number of rotatable bonds is 6. The first-order chi connectivity index (χ1) is 7.69. The Balaban J connectivity index is 2.79. The summed E-state index contributed by atoms with van der Waals surface area (Å²) < 4.78 is 5.21. The molecule has 2 N–H and O–H groups in total. The van der Waals surface area contributed by atoms with E-state index in [0.717, 1.165) is 25.3 Å². The standard InChI is InChI=1S/C13H22N2O/c1-4-9-15(11(2)10-16-3)13-7-5-12(14)6-8-13/h5-8,11H,4,9-10,14H2,1-3H3. The zero-order valence-electron chi connectivity index (χ0n) is 10.4. The van der Waals surface area contributed by atoms with Crippen molar-refractivity contribution >= 4 is 11.4 Å². The van der Waals surface area contributed by atoms with Crippen LogP contribution in [0, 0.1) is 0 Å². The second kappa shape index (κ2) is 6.38. The number of nitrogens with two attached hydrogens (primary N) is 1. The van der Waals surface area contributed by atoms with Gasteiger partial charge in [0.25, 0.3) is 0 Å². The van der Waals surface area contributed by atoms with Gasteiger partial charge in [-0.05, 0) is 37.6 Å². The molecule has 1 aromatic carbocycles. The maximum atomic E-state index is 5.69. The molecule has 0 amide bonds. The highest BCUT2D eigenvalue weighted by Gasteiger charge is 2.13. The molecule has 1 rings (SSSR count). The van der Waals surface area contributed by atoms with E-state index in [-0.39, 0.29) is 0 Å². The second-order valence-corrected chi connectivity index (χ2v) is 4.09. The van der Waals surface area contributed by atoms with E-state index in [1.54, 1.807) is 7.11 Å². The fourth-order valence-electron chi connectivity index (χ4n) is 1.84. The molecule has 0 aromatic heterocycles. The van der Waals surface area contributed by atoms with Crippen molar-refractivity contribution < 1.29 is 4.74 Å². The number of methoxy groups -OCH3 is 1. The van der Waals surface area contributed by atoms with Crippen molar-refractivity contribution in [3.8, 4) is 0 Å². The Hall–Kier alpha value is -1.22. The molecule has 0 aliphatic rings. The molecule has 0 fully saturated rings. The number of hydrogen-bond acceptors (Lipinski definition) is 3. The Kier molecular flexibility index (Phi) is 5.12. The minimum atomic E-state index is 0.383. The molecule has 1 aromatic rings. The van der Waals surface area contributed by atoms with Crippen molar-refractivity contribution in [1.29, 1.82) is 0 Å². The first-order valence-corrected chi connectivity index (χ1v) is 5.80. The van der Waals surface area contributed by atoms with E-state index in [1.807, 2.05) is 12.1 Å². The van der Waals surface area contributed by atoms with E-state index in [9.17, 15) is 0 Å². The Morgan fingerprint density at radius 3 is 2.44 bits per heavy atom. The fraction of sp³-hybridized carbons (Fsp3) is 0.538. The molecule has 3 nitrogen and oxygen atoms in total. The largest absolute Gasteiger partial charge is 0.399 e. The quantitative estimate of drug-likeness (QED) is 0.752. The molecule has 0 radical (unpaired) electrons. The Morgan fingerprint density at radius 2 is 1.94 bits per heavy atom. The predicted octanol–water partition coefficient (Wildman–Crippen LogP) is 2.52. The zero-order chi connectivity index (χ0) is 12.0. The van der Waals surface area contributed by atoms with Gasteiger partial charge in [-0.2, -0.15) is 0 Å². The molecule has 0 heterocycles. The summed E-state index contributed by atoms with van der Waals surface area (Å²) in [6.07, 6.45) is 1.12. The summed E-state index contributed by atoms with van der Waals surface area (Å²) in [4.78, 5) is 2.35. The smallest absolute Gasteiger partial charge is 0.0663 e. The van der Waals surface area contributed by atoms with Crippen LogP contribution < -0.4 is 10.6 Å². The van der Waals surface area contributed by atoms with Gasteiger partial charge in [0, 0.05) is 31.1 Å². The maximum Gasteiger partial charge on any atom is 0.0663 e. The van der Waals surface area contributed by atoms with Crippen LogP contribution in [0.3, 0.4) is 0 Å². The number of hydrogen-bond donors (Lipinski definition) is 1. The highest BCUT2D eigenvalue weighted by molar-refractivity contribution is 5.53. The molecule has 0 aliphatic carbocycles. The summed E-state index contributed by atoms with van der Waals surface area (Å²) in [6.45, 7) is 6.14. The van der Waals surface area contributed by atoms with Crippen molar-refractivity contribution in [2.24, 2.45) is 0 Å². The van der Waals surface area contributed by atoms with Gasteiger partial charge < -0.3 is 15.4 Å². The lowest BCUT2D eigenvalue weighted by Crippen LogP contribution is -2.36. The molecule has 0 saturated heterocycles. The normalized spacial score (nSPS) is 12.4. The summed E-state index contributed by atoms with van der Waals surface area (Å²) in [5.41, 5.74) is 7.71. The SMILES string of the molecule is CCCN(c1ccc(N)cc1)C(C)COC. The van der Waals surface area contributed by atoms with Crippen molar-refractivity contribution in [1.82, 2.24) is 0 Å². The van der Waals surface area contributed by atoms with E-state index in [1.165, 1.54) is 5.69 Å². The molecule has 90 valence electrons. The van der Waals surface area contributed by atoms with Gasteiger partial charge in [0.05, 0.1) is 6.61 Å². The van der Waals surface area contributed by atoms with E-state index in [0.29, 0.717) is 6.04 Å². The lowest BCUT2D eigenvalue weighted by molar-refractivity contribution is 0.181. The molecular formula is C13H22N2O. The molecular weight excluding hydrogens is 200 g/mol. The molecule has 3 heteroatoms. The summed E-state index contributed by atoms with van der Waals surface area (Å²) in [5.74, 6) is 0. The van der Waals surface area contributed by atoms with Crippen molar-refractivity contribution in [2.75, 3.05) is 30.9 Å². The number of nitrogens with zero attached hydrogens (tertiary/aromatic N) is 1. The molecule has 0 aliphatic heterocycles. The third kappa shape index (κ3) is 3.42. The number of ether oxygens (including phenoxy) is 1. The van der Waals surface area contributed by atoms with E-state index >= 15 is 0 Å². The number of benzene rings is 1. The van der Waals surface area contributed by atoms with Crippen molar-refractivity contribution in [2.45, 2.75) is 26.3 Å². The van der Waals surface area contributed by atoms with E-state index in [4.69, 9.17) is 10.5 Å². The van der Waals surface area contributed by atoms with Crippen molar-refractivity contribution in [3.63, 3.8) is 0 Å². The average molecular weight is 222 g/mol. The van der Waals surface area contributed by atoms with Gasteiger partial charge in [0.15, 0.2) is 0 Å². The van der Waals surface area contributed by atoms with Crippen LogP contribution in [0.15, 0.2) is 24.3 Å². The summed E-state index contributed by atoms with van der Waals surface area (Å²) >= 11 is 0. The van der Waals surface area contributed by atoms with Gasteiger partial charge in [0.1, 0.15) is 0 Å². The summed E-state index contributed by atoms with van der Waals surface area (Å²) in [6, 6.07) is 8.40. The van der Waals surface area contributed by atoms with Crippen LogP contribution >= 0.6 is 0 Å². The van der Waals surface area contributed by atoms with Gasteiger partial charge in [-0.15, -0.1) is 0 Å². The lowest BCUT2D eigenvalue weighted by atomic mass is 10.2. The zero-order valence-corrected chi connectivity index (χ0v) is 10.4. The van der Waals surface area contributed by atoms with Crippen LogP contribution in [0.25, 0.3) is 0 Å². The maximum absolute atomic E-state index is 5.69. The van der Waals surface area contributed by atoms with Gasteiger partial charge in [-0.1, -0.05) is 6.92 Å². The average Bonchev–Trinajstić information content (AvgIpc) is 2.28. The molecule has 16 heavy (non-hydrogen) atoms. The summed E-state index contributed by atoms with van der Waals surface area (Å²) in [5, 5.41) is 0. The van der Waals surface area contributed by atoms with Crippen molar-refractivity contribution in [3.05, 3.63) is 24.3 Å². The highest BCUT2D eigenvalue weighted by atomic mass is 16.5. The van der Waals surface area contributed by atoms with Crippen LogP contribution in [0.2, 0.25) is 0 Å². The van der Waals surface area contributed by atoms with Crippen LogP contribution in [0.4, 0.5) is 11.4 Å². The molecule has 1 atom stereocenters. The molecule has 0 saturated carbocycles. The van der Waals surface area contributed by atoms with E-state index in [2.05, 4.69) is 30.9 Å². The molecule has 1 unspecified atom stereocenters. The number of anilines is 2. The third-order valence-corrected chi connectivity index (χ3v) is 2.63. The second-order valence-electron chi connectivity index (χ2n) is 4.09. The van der Waals surface area contributed by atoms with Crippen LogP contribution in [-0.2, 0) is 4.74 Å². The Morgan fingerprint density at radius 1 is 1.31 bits per heavy atom. The van der Waals surface area contributed by atoms with Gasteiger partial charge in [-0.25, -0.2) is 0 Å². The fourth-order valence-corrected chi connectivity index (χ4v) is 1.84. The van der Waals surface area contributed by atoms with E-state index < -0.39 is 0 Å². The highest BCUT2D eigenvalue weighted by Crippen LogP contribution is 2.19. The van der Waals surface area contributed by atoms with Gasteiger partial charge >= 0.3 is 0 Å². The topological polar surface area (TPSA) is 38.5 Å². The van der Waals surface area contributed by atoms with Gasteiger partial charge in [0.2, 0.25) is 0 Å². The first-order valence-electron chi connectivity index (χ1n) is 5.80. The molecule has 0 bridgehead atoms. The third-order valence-electron chi connectivity index (χ3n) is 2.63. The lowest BCUT2D eigenvalue weighted by Gasteiger charge is -2.30. The predicted molar refractivity (Wildman–Crippen MR) is 69.8 cm³/mol. The first kappa shape index (κ1) is 12.8. The Bertz CT molecular complexity index is 297. The monoisotopic (exact) mass is 222 g/mol.